The third-order valence-corrected chi connectivity index (χ3v) is 2.64. The van der Waals surface area contributed by atoms with Gasteiger partial charge in [0.1, 0.15) is 0 Å². The lowest BCUT2D eigenvalue weighted by Crippen LogP contribution is -2.27. The summed E-state index contributed by atoms with van der Waals surface area (Å²) in [6.07, 6.45) is 4.43. The van der Waals surface area contributed by atoms with Gasteiger partial charge in [-0.15, -0.1) is 0 Å². The number of rotatable bonds is 4. The number of nitrogens with one attached hydrogen (secondary N) is 2. The van der Waals surface area contributed by atoms with E-state index < -0.39 is 5.82 Å². The van der Waals surface area contributed by atoms with Gasteiger partial charge < -0.3 is 10.1 Å². The molecule has 1 atom stereocenters. The van der Waals surface area contributed by atoms with Gasteiger partial charge in [-0.25, -0.2) is 15.2 Å². The first-order chi connectivity index (χ1) is 8.29. The van der Waals surface area contributed by atoms with E-state index in [1.807, 2.05) is 0 Å². The average Bonchev–Trinajstić information content (AvgIpc) is 2.39. The predicted molar refractivity (Wildman–Crippen MR) is 61.9 cm³/mol. The van der Waals surface area contributed by atoms with Gasteiger partial charge in [-0.3, -0.25) is 5.43 Å². The highest BCUT2D eigenvalue weighted by Crippen LogP contribution is 2.15. The first-order valence-corrected chi connectivity index (χ1v) is 5.64. The van der Waals surface area contributed by atoms with Gasteiger partial charge in [0, 0.05) is 13.2 Å². The van der Waals surface area contributed by atoms with Crippen LogP contribution in [0.3, 0.4) is 0 Å². The summed E-state index contributed by atoms with van der Waals surface area (Å²) in [6.45, 7) is 1.31. The summed E-state index contributed by atoms with van der Waals surface area (Å²) in [6, 6.07) is 0. The normalized spacial score (nSPS) is 20.0. The molecule has 6 nitrogen and oxygen atoms in total. The Labute approximate surface area is 98.7 Å². The minimum absolute atomic E-state index is 0.118. The van der Waals surface area contributed by atoms with Crippen LogP contribution < -0.4 is 16.6 Å². The molecule has 94 valence electrons. The van der Waals surface area contributed by atoms with Crippen LogP contribution in [0.25, 0.3) is 0 Å². The minimum atomic E-state index is -0.500. The van der Waals surface area contributed by atoms with Crippen molar-refractivity contribution in [3.63, 3.8) is 0 Å². The second-order valence-electron chi connectivity index (χ2n) is 3.90. The van der Waals surface area contributed by atoms with Crippen LogP contribution >= 0.6 is 0 Å². The van der Waals surface area contributed by atoms with Crippen molar-refractivity contribution in [1.82, 2.24) is 9.97 Å². The quantitative estimate of drug-likeness (QED) is 0.536. The smallest absolute Gasteiger partial charge is 0.239 e. The maximum absolute atomic E-state index is 13.4. The molecule has 0 aromatic carbocycles. The fraction of sp³-hybridized carbons (Fsp3) is 0.600. The molecule has 0 aliphatic carbocycles. The molecule has 1 unspecified atom stereocenters. The van der Waals surface area contributed by atoms with Crippen LogP contribution in [0.1, 0.15) is 19.3 Å². The molecule has 0 spiro atoms. The second-order valence-corrected chi connectivity index (χ2v) is 3.90. The summed E-state index contributed by atoms with van der Waals surface area (Å²) in [5, 5.41) is 2.91. The number of nitrogen functional groups attached to an aromatic ring is 1. The topological polar surface area (TPSA) is 85.1 Å². The van der Waals surface area contributed by atoms with E-state index in [2.05, 4.69) is 20.7 Å². The predicted octanol–water partition coefficient (Wildman–Crippen LogP) is 0.882. The van der Waals surface area contributed by atoms with Crippen LogP contribution in [0.2, 0.25) is 0 Å². The molecule has 0 saturated carbocycles. The molecule has 0 bridgehead atoms. The lowest BCUT2D eigenvalue weighted by Gasteiger charge is -2.23. The highest BCUT2D eigenvalue weighted by atomic mass is 19.1. The summed E-state index contributed by atoms with van der Waals surface area (Å²) < 4.78 is 18.9. The van der Waals surface area contributed by atoms with Gasteiger partial charge in [0.2, 0.25) is 5.95 Å². The van der Waals surface area contributed by atoms with E-state index in [0.29, 0.717) is 6.54 Å². The summed E-state index contributed by atoms with van der Waals surface area (Å²) in [7, 11) is 0. The molecule has 7 heteroatoms. The largest absolute Gasteiger partial charge is 0.376 e. The van der Waals surface area contributed by atoms with E-state index in [4.69, 9.17) is 10.6 Å². The molecule has 1 fully saturated rings. The molecular weight excluding hydrogens is 225 g/mol. The monoisotopic (exact) mass is 241 g/mol. The Bertz CT molecular complexity index is 370. The SMILES string of the molecule is NNc1ncc(F)c(NCC2CCCCO2)n1. The van der Waals surface area contributed by atoms with E-state index in [1.165, 1.54) is 0 Å². The van der Waals surface area contributed by atoms with Crippen molar-refractivity contribution in [3.05, 3.63) is 12.0 Å². The first kappa shape index (κ1) is 12.0. The van der Waals surface area contributed by atoms with Crippen molar-refractivity contribution in [3.8, 4) is 0 Å². The van der Waals surface area contributed by atoms with Crippen LogP contribution in [0.5, 0.6) is 0 Å². The second kappa shape index (κ2) is 5.74. The molecule has 1 saturated heterocycles. The van der Waals surface area contributed by atoms with E-state index >= 15 is 0 Å². The van der Waals surface area contributed by atoms with Crippen molar-refractivity contribution >= 4 is 11.8 Å². The number of hydrogen-bond acceptors (Lipinski definition) is 6. The lowest BCUT2D eigenvalue weighted by atomic mass is 10.1. The van der Waals surface area contributed by atoms with Gasteiger partial charge in [0.15, 0.2) is 11.6 Å². The Morgan fingerprint density at radius 1 is 1.53 bits per heavy atom. The molecule has 1 aliphatic heterocycles. The van der Waals surface area contributed by atoms with E-state index in [0.717, 1.165) is 32.1 Å². The number of hydrogen-bond donors (Lipinski definition) is 3. The summed E-state index contributed by atoms with van der Waals surface area (Å²) >= 11 is 0. The zero-order chi connectivity index (χ0) is 12.1. The maximum Gasteiger partial charge on any atom is 0.239 e. The van der Waals surface area contributed by atoms with Gasteiger partial charge in [0.25, 0.3) is 0 Å². The Balaban J connectivity index is 1.92. The van der Waals surface area contributed by atoms with Crippen molar-refractivity contribution in [2.24, 2.45) is 5.84 Å². The van der Waals surface area contributed by atoms with Crippen molar-refractivity contribution in [1.29, 1.82) is 0 Å². The zero-order valence-corrected chi connectivity index (χ0v) is 9.45. The van der Waals surface area contributed by atoms with Gasteiger partial charge in [-0.2, -0.15) is 4.98 Å². The maximum atomic E-state index is 13.4. The van der Waals surface area contributed by atoms with Gasteiger partial charge >= 0.3 is 0 Å². The number of anilines is 2. The van der Waals surface area contributed by atoms with Gasteiger partial charge in [-0.1, -0.05) is 0 Å². The Kier molecular flexibility index (Phi) is 4.05. The molecule has 1 aliphatic rings. The number of halogens is 1. The van der Waals surface area contributed by atoms with Crippen LogP contribution in [0.15, 0.2) is 6.20 Å². The Hall–Kier alpha value is -1.47. The highest BCUT2D eigenvalue weighted by Gasteiger charge is 2.15. The molecule has 0 amide bonds. The molecule has 4 N–H and O–H groups in total. The van der Waals surface area contributed by atoms with Crippen LogP contribution in [0, 0.1) is 5.82 Å². The molecule has 0 radical (unpaired) electrons. The zero-order valence-electron chi connectivity index (χ0n) is 9.45. The summed E-state index contributed by atoms with van der Waals surface area (Å²) in [4.78, 5) is 7.54. The highest BCUT2D eigenvalue weighted by molar-refractivity contribution is 5.40. The fourth-order valence-corrected chi connectivity index (χ4v) is 1.74. The van der Waals surface area contributed by atoms with Gasteiger partial charge in [0.05, 0.1) is 12.3 Å². The van der Waals surface area contributed by atoms with Crippen molar-refractivity contribution in [2.75, 3.05) is 23.9 Å². The standard InChI is InChI=1S/C10H16FN5O/c11-8-6-14-10(16-12)15-9(8)13-5-7-3-1-2-4-17-7/h6-7H,1-5,12H2,(H2,13,14,15,16). The molecule has 1 aromatic heterocycles. The summed E-state index contributed by atoms with van der Waals surface area (Å²) in [5.41, 5.74) is 2.27. The van der Waals surface area contributed by atoms with E-state index in [9.17, 15) is 4.39 Å². The molecule has 2 rings (SSSR count). The van der Waals surface area contributed by atoms with Gasteiger partial charge in [-0.05, 0) is 19.3 Å². The Morgan fingerprint density at radius 2 is 2.41 bits per heavy atom. The number of hydrazine groups is 1. The minimum Gasteiger partial charge on any atom is -0.376 e. The van der Waals surface area contributed by atoms with Crippen LogP contribution in [-0.4, -0.2) is 29.2 Å². The molecule has 2 heterocycles. The number of aromatic nitrogens is 2. The third kappa shape index (κ3) is 3.24. The van der Waals surface area contributed by atoms with E-state index in [-0.39, 0.29) is 17.9 Å². The Morgan fingerprint density at radius 3 is 3.12 bits per heavy atom. The number of nitrogens with two attached hydrogens (primary N) is 1. The molecular formula is C10H16FN5O. The lowest BCUT2D eigenvalue weighted by molar-refractivity contribution is 0.0247. The molecule has 17 heavy (non-hydrogen) atoms. The third-order valence-electron chi connectivity index (χ3n) is 2.64. The van der Waals surface area contributed by atoms with Crippen molar-refractivity contribution < 1.29 is 9.13 Å². The van der Waals surface area contributed by atoms with Crippen molar-refractivity contribution in [2.45, 2.75) is 25.4 Å². The van der Waals surface area contributed by atoms with Crippen LogP contribution in [-0.2, 0) is 4.74 Å². The first-order valence-electron chi connectivity index (χ1n) is 5.64. The number of nitrogens with zero attached hydrogens (tertiary/aromatic N) is 2. The van der Waals surface area contributed by atoms with Crippen LogP contribution in [0.4, 0.5) is 16.2 Å². The average molecular weight is 241 g/mol. The summed E-state index contributed by atoms with van der Waals surface area (Å²) in [5.74, 6) is 4.98. The van der Waals surface area contributed by atoms with E-state index in [1.54, 1.807) is 0 Å². The fourth-order valence-electron chi connectivity index (χ4n) is 1.74. The molecule has 1 aromatic rings. The number of ether oxygens (including phenoxy) is 1.